The third-order valence-corrected chi connectivity index (χ3v) is 3.51. The minimum Gasteiger partial charge on any atom is -0.480 e. The van der Waals surface area contributed by atoms with Gasteiger partial charge in [-0.15, -0.1) is 0 Å². The zero-order valence-electron chi connectivity index (χ0n) is 12.2. The van der Waals surface area contributed by atoms with Crippen molar-refractivity contribution in [2.45, 2.75) is 76.8 Å². The first-order chi connectivity index (χ1) is 9.24. The molecule has 0 aromatic carbocycles. The van der Waals surface area contributed by atoms with Crippen molar-refractivity contribution in [3.8, 4) is 0 Å². The summed E-state index contributed by atoms with van der Waals surface area (Å²) < 4.78 is 5.52. The Bertz CT molecular complexity index is 242. The van der Waals surface area contributed by atoms with Gasteiger partial charge in [-0.2, -0.15) is 0 Å². The van der Waals surface area contributed by atoms with Gasteiger partial charge in [0.15, 0.2) is 0 Å². The van der Waals surface area contributed by atoms with E-state index in [9.17, 15) is 4.79 Å². The molecule has 4 heteroatoms. The van der Waals surface area contributed by atoms with Crippen molar-refractivity contribution in [1.29, 1.82) is 0 Å². The van der Waals surface area contributed by atoms with E-state index in [0.29, 0.717) is 19.1 Å². The third kappa shape index (κ3) is 9.00. The first-order valence-electron chi connectivity index (χ1n) is 7.80. The molecule has 19 heavy (non-hydrogen) atoms. The fourth-order valence-corrected chi connectivity index (χ4v) is 2.10. The summed E-state index contributed by atoms with van der Waals surface area (Å²) in [4.78, 5) is 11.0. The smallest absolute Gasteiger partial charge is 0.320 e. The van der Waals surface area contributed by atoms with Gasteiger partial charge in [-0.3, -0.25) is 4.79 Å². The van der Waals surface area contributed by atoms with Crippen LogP contribution in [0.2, 0.25) is 0 Å². The largest absolute Gasteiger partial charge is 0.480 e. The van der Waals surface area contributed by atoms with Crippen molar-refractivity contribution in [2.24, 2.45) is 0 Å². The van der Waals surface area contributed by atoms with Gasteiger partial charge in [0.25, 0.3) is 0 Å². The lowest BCUT2D eigenvalue weighted by molar-refractivity contribution is -0.140. The number of carboxylic acids is 1. The van der Waals surface area contributed by atoms with Gasteiger partial charge >= 0.3 is 5.97 Å². The number of carbonyl (C=O) groups is 1. The summed E-state index contributed by atoms with van der Waals surface area (Å²) >= 11 is 0. The van der Waals surface area contributed by atoms with E-state index in [2.05, 4.69) is 12.2 Å². The van der Waals surface area contributed by atoms with E-state index in [1.807, 2.05) is 0 Å². The van der Waals surface area contributed by atoms with E-state index in [0.717, 1.165) is 25.9 Å². The van der Waals surface area contributed by atoms with E-state index < -0.39 is 12.0 Å². The van der Waals surface area contributed by atoms with Crippen LogP contribution in [0, 0.1) is 0 Å². The van der Waals surface area contributed by atoms with Crippen molar-refractivity contribution in [3.63, 3.8) is 0 Å². The zero-order valence-corrected chi connectivity index (χ0v) is 12.2. The fourth-order valence-electron chi connectivity index (χ4n) is 2.10. The molecule has 2 N–H and O–H groups in total. The molecule has 1 atom stereocenters. The Kier molecular flexibility index (Phi) is 8.84. The van der Waals surface area contributed by atoms with Crippen LogP contribution in [-0.2, 0) is 9.53 Å². The maximum Gasteiger partial charge on any atom is 0.320 e. The molecule has 0 amide bonds. The second-order valence-corrected chi connectivity index (χ2v) is 5.50. The molecule has 0 aliphatic heterocycles. The number of hydrogen-bond acceptors (Lipinski definition) is 3. The summed E-state index contributed by atoms with van der Waals surface area (Å²) in [5.41, 5.74) is 0. The molecule has 0 aromatic rings. The number of aliphatic carboxylic acids is 1. The number of hydrogen-bond donors (Lipinski definition) is 2. The van der Waals surface area contributed by atoms with Crippen LogP contribution in [0.3, 0.4) is 0 Å². The van der Waals surface area contributed by atoms with Crippen LogP contribution in [0.1, 0.15) is 64.7 Å². The van der Waals surface area contributed by atoms with Crippen LogP contribution < -0.4 is 5.32 Å². The highest BCUT2D eigenvalue weighted by molar-refractivity contribution is 5.73. The SMILES string of the molecule is CCCCCCCCOCCC(NC1CC1)C(=O)O. The van der Waals surface area contributed by atoms with Crippen LogP contribution in [0.4, 0.5) is 0 Å². The summed E-state index contributed by atoms with van der Waals surface area (Å²) in [5, 5.41) is 12.2. The Hall–Kier alpha value is -0.610. The molecule has 1 rings (SSSR count). The minimum absolute atomic E-state index is 0.430. The van der Waals surface area contributed by atoms with Gasteiger partial charge < -0.3 is 15.2 Å². The van der Waals surface area contributed by atoms with Crippen LogP contribution in [0.5, 0.6) is 0 Å². The number of unbranched alkanes of at least 4 members (excludes halogenated alkanes) is 5. The Morgan fingerprint density at radius 3 is 2.53 bits per heavy atom. The van der Waals surface area contributed by atoms with Crippen LogP contribution in [0.15, 0.2) is 0 Å². The lowest BCUT2D eigenvalue weighted by Gasteiger charge is -2.13. The van der Waals surface area contributed by atoms with Crippen molar-refractivity contribution in [1.82, 2.24) is 5.32 Å². The fraction of sp³-hybridized carbons (Fsp3) is 0.933. The average Bonchev–Trinajstić information content (AvgIpc) is 3.19. The molecule has 1 aliphatic rings. The molecule has 0 aromatic heterocycles. The average molecular weight is 271 g/mol. The molecule has 0 spiro atoms. The maximum absolute atomic E-state index is 11.0. The van der Waals surface area contributed by atoms with Gasteiger partial charge in [0.2, 0.25) is 0 Å². The Balaban J connectivity index is 1.89. The molecule has 1 unspecified atom stereocenters. The number of rotatable bonds is 13. The first kappa shape index (κ1) is 16.4. The molecule has 1 saturated carbocycles. The van der Waals surface area contributed by atoms with Crippen molar-refractivity contribution in [3.05, 3.63) is 0 Å². The summed E-state index contributed by atoms with van der Waals surface area (Å²) in [6, 6.07) is -0.00304. The quantitative estimate of drug-likeness (QED) is 0.506. The number of ether oxygens (including phenoxy) is 1. The molecular weight excluding hydrogens is 242 g/mol. The summed E-state index contributed by atoms with van der Waals surface area (Å²) in [6.45, 7) is 3.53. The van der Waals surface area contributed by atoms with E-state index in [-0.39, 0.29) is 0 Å². The van der Waals surface area contributed by atoms with Crippen LogP contribution in [-0.4, -0.2) is 36.4 Å². The van der Waals surface area contributed by atoms with Crippen molar-refractivity contribution >= 4 is 5.97 Å². The van der Waals surface area contributed by atoms with Gasteiger partial charge in [0.05, 0.1) is 0 Å². The summed E-state index contributed by atoms with van der Waals surface area (Å²) in [5.74, 6) is -0.755. The monoisotopic (exact) mass is 271 g/mol. The molecule has 1 fully saturated rings. The van der Waals surface area contributed by atoms with Gasteiger partial charge in [0.1, 0.15) is 6.04 Å². The van der Waals surface area contributed by atoms with Gasteiger partial charge in [-0.05, 0) is 25.7 Å². The van der Waals surface area contributed by atoms with Gasteiger partial charge in [0, 0.05) is 19.3 Å². The molecule has 4 nitrogen and oxygen atoms in total. The second-order valence-electron chi connectivity index (χ2n) is 5.50. The lowest BCUT2D eigenvalue weighted by atomic mass is 10.1. The topological polar surface area (TPSA) is 58.6 Å². The second kappa shape index (κ2) is 10.2. The number of carboxylic acid groups (broad SMARTS) is 1. The molecule has 0 saturated heterocycles. The standard InChI is InChI=1S/C15H29NO3/c1-2-3-4-5-6-7-11-19-12-10-14(15(17)18)16-13-8-9-13/h13-14,16H,2-12H2,1H3,(H,17,18). The normalized spacial score (nSPS) is 16.5. The summed E-state index contributed by atoms with van der Waals surface area (Å²) in [7, 11) is 0. The van der Waals surface area contributed by atoms with Crippen LogP contribution >= 0.6 is 0 Å². The van der Waals surface area contributed by atoms with E-state index in [4.69, 9.17) is 9.84 Å². The van der Waals surface area contributed by atoms with Gasteiger partial charge in [-0.1, -0.05) is 39.0 Å². The molecule has 1 aliphatic carbocycles. The van der Waals surface area contributed by atoms with Gasteiger partial charge in [-0.25, -0.2) is 0 Å². The predicted molar refractivity (Wildman–Crippen MR) is 76.4 cm³/mol. The minimum atomic E-state index is -0.755. The van der Waals surface area contributed by atoms with E-state index in [1.165, 1.54) is 32.1 Å². The predicted octanol–water partition coefficient (Wildman–Crippen LogP) is 2.96. The molecule has 112 valence electrons. The highest BCUT2D eigenvalue weighted by Gasteiger charge is 2.27. The Labute approximate surface area is 116 Å². The van der Waals surface area contributed by atoms with Crippen LogP contribution in [0.25, 0.3) is 0 Å². The number of nitrogens with one attached hydrogen (secondary N) is 1. The molecule has 0 radical (unpaired) electrons. The molecule has 0 heterocycles. The highest BCUT2D eigenvalue weighted by atomic mass is 16.5. The molecule has 0 bridgehead atoms. The Morgan fingerprint density at radius 2 is 1.89 bits per heavy atom. The lowest BCUT2D eigenvalue weighted by Crippen LogP contribution is -2.39. The molecular formula is C15H29NO3. The van der Waals surface area contributed by atoms with Crippen molar-refractivity contribution < 1.29 is 14.6 Å². The first-order valence-corrected chi connectivity index (χ1v) is 7.80. The zero-order chi connectivity index (χ0) is 13.9. The third-order valence-electron chi connectivity index (χ3n) is 3.51. The maximum atomic E-state index is 11.0. The van der Waals surface area contributed by atoms with E-state index in [1.54, 1.807) is 0 Å². The Morgan fingerprint density at radius 1 is 1.21 bits per heavy atom. The highest BCUT2D eigenvalue weighted by Crippen LogP contribution is 2.20. The van der Waals surface area contributed by atoms with Crippen molar-refractivity contribution in [2.75, 3.05) is 13.2 Å². The van der Waals surface area contributed by atoms with E-state index >= 15 is 0 Å². The summed E-state index contributed by atoms with van der Waals surface area (Å²) in [6.07, 6.45) is 10.3.